The molecule has 124 valence electrons. The standard InChI is InChI=1S/C18H25N3OS/c1-18(2,3)16-8-6-14(7-9-16)11-19-17(23)21-13-15(12-20-21)5-4-10-22/h6-9,12-13,22H,4-5,10-11H2,1-3H3,(H,19,23). The van der Waals surface area contributed by atoms with Crippen molar-refractivity contribution in [2.75, 3.05) is 6.61 Å². The molecule has 0 unspecified atom stereocenters. The topological polar surface area (TPSA) is 50.1 Å². The number of rotatable bonds is 5. The van der Waals surface area contributed by atoms with Crippen LogP contribution in [-0.4, -0.2) is 26.6 Å². The van der Waals surface area contributed by atoms with Crippen LogP contribution in [0.4, 0.5) is 0 Å². The van der Waals surface area contributed by atoms with Gasteiger partial charge in [0.1, 0.15) is 0 Å². The van der Waals surface area contributed by atoms with Gasteiger partial charge in [-0.15, -0.1) is 0 Å². The van der Waals surface area contributed by atoms with Crippen LogP contribution in [0.15, 0.2) is 36.7 Å². The molecule has 0 aliphatic heterocycles. The third-order valence-electron chi connectivity index (χ3n) is 3.73. The van der Waals surface area contributed by atoms with Gasteiger partial charge < -0.3 is 10.4 Å². The van der Waals surface area contributed by atoms with Crippen LogP contribution in [-0.2, 0) is 18.4 Å². The van der Waals surface area contributed by atoms with Crippen molar-refractivity contribution < 1.29 is 5.11 Å². The van der Waals surface area contributed by atoms with Crippen molar-refractivity contribution in [2.45, 2.75) is 45.6 Å². The fraction of sp³-hybridized carbons (Fsp3) is 0.444. The second-order valence-corrected chi connectivity index (χ2v) is 7.11. The maximum Gasteiger partial charge on any atom is 0.194 e. The first-order valence-corrected chi connectivity index (χ1v) is 8.33. The molecule has 0 fully saturated rings. The quantitative estimate of drug-likeness (QED) is 0.827. The zero-order valence-electron chi connectivity index (χ0n) is 14.0. The van der Waals surface area contributed by atoms with E-state index in [2.05, 4.69) is 55.5 Å². The van der Waals surface area contributed by atoms with E-state index in [0.717, 1.165) is 18.4 Å². The molecule has 1 heterocycles. The SMILES string of the molecule is CC(C)(C)c1ccc(CNC(=S)n2cc(CCCO)cn2)cc1. The average molecular weight is 331 g/mol. The summed E-state index contributed by atoms with van der Waals surface area (Å²) in [5.41, 5.74) is 3.76. The number of aliphatic hydroxyl groups is 1. The molecule has 0 radical (unpaired) electrons. The fourth-order valence-electron chi connectivity index (χ4n) is 2.26. The normalized spacial score (nSPS) is 11.5. The van der Waals surface area contributed by atoms with E-state index in [9.17, 15) is 0 Å². The number of aromatic nitrogens is 2. The van der Waals surface area contributed by atoms with Crippen molar-refractivity contribution >= 4 is 17.3 Å². The fourth-order valence-corrected chi connectivity index (χ4v) is 2.44. The van der Waals surface area contributed by atoms with E-state index in [4.69, 9.17) is 17.3 Å². The van der Waals surface area contributed by atoms with E-state index < -0.39 is 0 Å². The minimum atomic E-state index is 0.168. The van der Waals surface area contributed by atoms with Gasteiger partial charge in [-0.3, -0.25) is 0 Å². The van der Waals surface area contributed by atoms with Crippen molar-refractivity contribution in [1.29, 1.82) is 0 Å². The molecule has 1 aromatic carbocycles. The Labute approximate surface area is 143 Å². The monoisotopic (exact) mass is 331 g/mol. The van der Waals surface area contributed by atoms with Crippen molar-refractivity contribution in [3.05, 3.63) is 53.3 Å². The first kappa shape index (κ1) is 17.6. The average Bonchev–Trinajstić information content (AvgIpc) is 2.99. The molecule has 4 nitrogen and oxygen atoms in total. The highest BCUT2D eigenvalue weighted by Gasteiger charge is 2.12. The van der Waals surface area contributed by atoms with E-state index in [1.54, 1.807) is 10.9 Å². The highest BCUT2D eigenvalue weighted by Crippen LogP contribution is 2.22. The molecule has 0 aliphatic carbocycles. The number of benzene rings is 1. The van der Waals surface area contributed by atoms with Crippen LogP contribution in [0.5, 0.6) is 0 Å². The number of aliphatic hydroxyl groups excluding tert-OH is 1. The molecule has 23 heavy (non-hydrogen) atoms. The number of hydrogen-bond acceptors (Lipinski definition) is 3. The number of nitrogens with one attached hydrogen (secondary N) is 1. The van der Waals surface area contributed by atoms with Gasteiger partial charge >= 0.3 is 0 Å². The third kappa shape index (κ3) is 5.15. The predicted molar refractivity (Wildman–Crippen MR) is 97.6 cm³/mol. The van der Waals surface area contributed by atoms with Crippen molar-refractivity contribution in [3.8, 4) is 0 Å². The second kappa shape index (κ2) is 7.70. The lowest BCUT2D eigenvalue weighted by Crippen LogP contribution is -2.28. The third-order valence-corrected chi connectivity index (χ3v) is 4.06. The van der Waals surface area contributed by atoms with Crippen molar-refractivity contribution in [3.63, 3.8) is 0 Å². The zero-order chi connectivity index (χ0) is 16.9. The molecular weight excluding hydrogens is 306 g/mol. The molecule has 0 aliphatic rings. The van der Waals surface area contributed by atoms with Gasteiger partial charge in [-0.2, -0.15) is 5.10 Å². The van der Waals surface area contributed by atoms with Crippen molar-refractivity contribution in [2.24, 2.45) is 0 Å². The molecule has 0 saturated carbocycles. The van der Waals surface area contributed by atoms with Crippen LogP contribution in [0.3, 0.4) is 0 Å². The Kier molecular flexibility index (Phi) is 5.91. The van der Waals surface area contributed by atoms with Gasteiger partial charge in [0.15, 0.2) is 5.11 Å². The first-order valence-electron chi connectivity index (χ1n) is 7.92. The Balaban J connectivity index is 1.90. The van der Waals surface area contributed by atoms with Crippen LogP contribution in [0.2, 0.25) is 0 Å². The summed E-state index contributed by atoms with van der Waals surface area (Å²) >= 11 is 5.37. The highest BCUT2D eigenvalue weighted by molar-refractivity contribution is 7.80. The summed E-state index contributed by atoms with van der Waals surface area (Å²) in [6.07, 6.45) is 5.26. The van der Waals surface area contributed by atoms with Gasteiger partial charge in [0.2, 0.25) is 0 Å². The maximum atomic E-state index is 8.86. The number of hydrogen-bond donors (Lipinski definition) is 2. The maximum absolute atomic E-state index is 8.86. The lowest BCUT2D eigenvalue weighted by Gasteiger charge is -2.19. The van der Waals surface area contributed by atoms with Gasteiger partial charge in [0.25, 0.3) is 0 Å². The van der Waals surface area contributed by atoms with Gasteiger partial charge in [0.05, 0.1) is 6.20 Å². The Hall–Kier alpha value is -1.72. The molecule has 2 rings (SSSR count). The predicted octanol–water partition coefficient (Wildman–Crippen LogP) is 3.03. The summed E-state index contributed by atoms with van der Waals surface area (Å²) in [7, 11) is 0. The Morgan fingerprint density at radius 1 is 1.22 bits per heavy atom. The number of thiocarbonyl (C=S) groups is 1. The minimum Gasteiger partial charge on any atom is -0.396 e. The van der Waals surface area contributed by atoms with Crippen LogP contribution in [0.1, 0.15) is 43.9 Å². The lowest BCUT2D eigenvalue weighted by molar-refractivity contribution is 0.288. The van der Waals surface area contributed by atoms with E-state index >= 15 is 0 Å². The second-order valence-electron chi connectivity index (χ2n) is 6.73. The molecule has 2 aromatic rings. The molecule has 5 heteroatoms. The van der Waals surface area contributed by atoms with Crippen LogP contribution >= 0.6 is 12.2 Å². The zero-order valence-corrected chi connectivity index (χ0v) is 14.9. The van der Waals surface area contributed by atoms with E-state index in [-0.39, 0.29) is 12.0 Å². The molecule has 0 atom stereocenters. The van der Waals surface area contributed by atoms with Gasteiger partial charge in [-0.1, -0.05) is 45.0 Å². The highest BCUT2D eigenvalue weighted by atomic mass is 32.1. The van der Waals surface area contributed by atoms with Gasteiger partial charge in [-0.25, -0.2) is 4.68 Å². The summed E-state index contributed by atoms with van der Waals surface area (Å²) in [6.45, 7) is 7.50. The molecule has 1 aromatic heterocycles. The van der Waals surface area contributed by atoms with E-state index in [1.807, 2.05) is 6.20 Å². The lowest BCUT2D eigenvalue weighted by atomic mass is 9.87. The Morgan fingerprint density at radius 2 is 1.91 bits per heavy atom. The van der Waals surface area contributed by atoms with Crippen LogP contribution in [0, 0.1) is 0 Å². The van der Waals surface area contributed by atoms with Crippen LogP contribution in [0.25, 0.3) is 0 Å². The van der Waals surface area contributed by atoms with E-state index in [1.165, 1.54) is 11.1 Å². The first-order chi connectivity index (χ1) is 10.9. The summed E-state index contributed by atoms with van der Waals surface area (Å²) in [4.78, 5) is 0. The summed E-state index contributed by atoms with van der Waals surface area (Å²) in [5, 5.41) is 16.9. The number of nitrogens with zero attached hydrogens (tertiary/aromatic N) is 2. The van der Waals surface area contributed by atoms with E-state index in [0.29, 0.717) is 11.7 Å². The largest absolute Gasteiger partial charge is 0.396 e. The number of aryl methyl sites for hydroxylation is 1. The Bertz CT molecular complexity index is 641. The summed E-state index contributed by atoms with van der Waals surface area (Å²) in [6, 6.07) is 8.60. The molecule has 2 N–H and O–H groups in total. The molecule has 0 spiro atoms. The molecule has 0 amide bonds. The van der Waals surface area contributed by atoms with Gasteiger partial charge in [-0.05, 0) is 47.2 Å². The Morgan fingerprint density at radius 3 is 2.52 bits per heavy atom. The van der Waals surface area contributed by atoms with Crippen LogP contribution < -0.4 is 5.32 Å². The van der Waals surface area contributed by atoms with Crippen molar-refractivity contribution in [1.82, 2.24) is 15.1 Å². The van der Waals surface area contributed by atoms with Gasteiger partial charge in [0, 0.05) is 19.3 Å². The minimum absolute atomic E-state index is 0.168. The molecular formula is C18H25N3OS. The smallest absolute Gasteiger partial charge is 0.194 e. The molecule has 0 saturated heterocycles. The summed E-state index contributed by atoms with van der Waals surface area (Å²) in [5.74, 6) is 0. The molecule has 0 bridgehead atoms. The summed E-state index contributed by atoms with van der Waals surface area (Å²) < 4.78 is 1.67.